The fourth-order valence-corrected chi connectivity index (χ4v) is 2.01. The van der Waals surface area contributed by atoms with Gasteiger partial charge in [0.1, 0.15) is 11.7 Å². The Morgan fingerprint density at radius 1 is 1.33 bits per heavy atom. The van der Waals surface area contributed by atoms with Gasteiger partial charge in [-0.1, -0.05) is 30.3 Å². The van der Waals surface area contributed by atoms with Crippen molar-refractivity contribution in [1.82, 2.24) is 14.5 Å². The lowest BCUT2D eigenvalue weighted by Gasteiger charge is -2.26. The molecule has 1 amide bonds. The molecule has 21 heavy (non-hydrogen) atoms. The number of nitrogens with zero attached hydrogens (tertiary/aromatic N) is 3. The monoisotopic (exact) mass is 287 g/mol. The zero-order valence-corrected chi connectivity index (χ0v) is 11.9. The van der Waals surface area contributed by atoms with E-state index in [0.29, 0.717) is 5.69 Å². The van der Waals surface area contributed by atoms with E-state index in [4.69, 9.17) is 0 Å². The molecular weight excluding hydrogens is 270 g/mol. The van der Waals surface area contributed by atoms with Crippen molar-refractivity contribution >= 4 is 11.9 Å². The number of carbonyl (C=O) groups is 2. The second-order valence-electron chi connectivity index (χ2n) is 4.82. The van der Waals surface area contributed by atoms with Crippen LogP contribution in [0, 0.1) is 0 Å². The molecule has 0 saturated heterocycles. The van der Waals surface area contributed by atoms with Crippen molar-refractivity contribution < 1.29 is 14.7 Å². The van der Waals surface area contributed by atoms with Gasteiger partial charge in [0.2, 0.25) is 0 Å². The summed E-state index contributed by atoms with van der Waals surface area (Å²) in [7, 11) is 1.70. The van der Waals surface area contributed by atoms with Crippen molar-refractivity contribution in [2.45, 2.75) is 19.5 Å². The Labute approximate surface area is 122 Å². The largest absolute Gasteiger partial charge is 0.480 e. The Kier molecular flexibility index (Phi) is 4.37. The van der Waals surface area contributed by atoms with Crippen LogP contribution < -0.4 is 0 Å². The first-order chi connectivity index (χ1) is 10.0. The number of carboxylic acids is 1. The molecule has 110 valence electrons. The summed E-state index contributed by atoms with van der Waals surface area (Å²) in [6.45, 7) is 1.73. The number of amides is 1. The minimum atomic E-state index is -1.04. The molecule has 2 rings (SSSR count). The van der Waals surface area contributed by atoms with E-state index >= 15 is 0 Å². The van der Waals surface area contributed by atoms with E-state index in [9.17, 15) is 14.7 Å². The molecule has 0 spiro atoms. The molecule has 1 unspecified atom stereocenters. The molecule has 0 aliphatic heterocycles. The highest BCUT2D eigenvalue weighted by molar-refractivity contribution is 5.95. The van der Waals surface area contributed by atoms with Gasteiger partial charge in [0, 0.05) is 13.6 Å². The highest BCUT2D eigenvalue weighted by atomic mass is 16.4. The number of imidazole rings is 1. The highest BCUT2D eigenvalue weighted by Gasteiger charge is 2.28. The van der Waals surface area contributed by atoms with E-state index in [1.807, 2.05) is 30.3 Å². The van der Waals surface area contributed by atoms with Crippen LogP contribution >= 0.6 is 0 Å². The maximum Gasteiger partial charge on any atom is 0.326 e. The van der Waals surface area contributed by atoms with Crippen molar-refractivity contribution in [1.29, 1.82) is 0 Å². The predicted octanol–water partition coefficient (Wildman–Crippen LogP) is 1.54. The zero-order valence-electron chi connectivity index (χ0n) is 11.9. The molecule has 6 nitrogen and oxygen atoms in total. The maximum absolute atomic E-state index is 12.6. The van der Waals surface area contributed by atoms with Crippen LogP contribution in [0.25, 0.3) is 0 Å². The Hall–Kier alpha value is -2.63. The second kappa shape index (κ2) is 6.21. The fourth-order valence-electron chi connectivity index (χ4n) is 2.01. The first kappa shape index (κ1) is 14.8. The van der Waals surface area contributed by atoms with Crippen molar-refractivity contribution in [3.8, 4) is 0 Å². The van der Waals surface area contributed by atoms with Crippen LogP contribution in [-0.4, -0.2) is 37.5 Å². The molecule has 0 aliphatic rings. The van der Waals surface area contributed by atoms with Crippen LogP contribution in [0.3, 0.4) is 0 Å². The van der Waals surface area contributed by atoms with E-state index in [0.717, 1.165) is 5.56 Å². The van der Waals surface area contributed by atoms with Crippen LogP contribution in [0.1, 0.15) is 23.0 Å². The van der Waals surface area contributed by atoms with Crippen LogP contribution in [0.5, 0.6) is 0 Å². The number of rotatable bonds is 5. The number of aromatic nitrogens is 2. The summed E-state index contributed by atoms with van der Waals surface area (Å²) >= 11 is 0. The fraction of sp³-hybridized carbons (Fsp3) is 0.267. The van der Waals surface area contributed by atoms with E-state index in [2.05, 4.69) is 4.98 Å². The van der Waals surface area contributed by atoms with Gasteiger partial charge in [0.05, 0.1) is 12.5 Å². The van der Waals surface area contributed by atoms with Crippen LogP contribution in [-0.2, 0) is 18.4 Å². The molecule has 0 saturated carbocycles. The Morgan fingerprint density at radius 2 is 2.00 bits per heavy atom. The molecule has 1 aromatic heterocycles. The number of aryl methyl sites for hydroxylation is 1. The lowest BCUT2D eigenvalue weighted by molar-refractivity contribution is -0.141. The average Bonchev–Trinajstić information content (AvgIpc) is 2.90. The van der Waals surface area contributed by atoms with Gasteiger partial charge in [-0.3, -0.25) is 4.79 Å². The van der Waals surface area contributed by atoms with Crippen molar-refractivity contribution in [2.75, 3.05) is 0 Å². The summed E-state index contributed by atoms with van der Waals surface area (Å²) in [6.07, 6.45) is 2.95. The molecule has 6 heteroatoms. The summed E-state index contributed by atoms with van der Waals surface area (Å²) in [5, 5.41) is 9.23. The molecule has 2 aromatic rings. The topological polar surface area (TPSA) is 75.4 Å². The van der Waals surface area contributed by atoms with E-state index < -0.39 is 12.0 Å². The first-order valence-electron chi connectivity index (χ1n) is 6.54. The van der Waals surface area contributed by atoms with Gasteiger partial charge in [0.25, 0.3) is 5.91 Å². The van der Waals surface area contributed by atoms with Gasteiger partial charge in [-0.2, -0.15) is 0 Å². The molecular formula is C15H17N3O3. The van der Waals surface area contributed by atoms with Gasteiger partial charge in [-0.15, -0.1) is 0 Å². The molecule has 1 atom stereocenters. The number of carbonyl (C=O) groups excluding carboxylic acids is 1. The lowest BCUT2D eigenvalue weighted by Crippen LogP contribution is -2.43. The Balaban J connectivity index is 2.30. The predicted molar refractivity (Wildman–Crippen MR) is 76.6 cm³/mol. The summed E-state index contributed by atoms with van der Waals surface area (Å²) in [5.41, 5.74) is 1.24. The molecule has 1 heterocycles. The van der Waals surface area contributed by atoms with E-state index in [1.165, 1.54) is 24.3 Å². The normalized spacial score (nSPS) is 11.9. The molecule has 1 aromatic carbocycles. The van der Waals surface area contributed by atoms with Gasteiger partial charge in [0.15, 0.2) is 0 Å². The lowest BCUT2D eigenvalue weighted by atomic mass is 10.1. The van der Waals surface area contributed by atoms with Gasteiger partial charge in [-0.25, -0.2) is 9.78 Å². The second-order valence-corrected chi connectivity index (χ2v) is 4.82. The first-order valence-corrected chi connectivity index (χ1v) is 6.54. The van der Waals surface area contributed by atoms with E-state index in [1.54, 1.807) is 11.6 Å². The summed E-state index contributed by atoms with van der Waals surface area (Å²) in [4.78, 5) is 29.1. The molecule has 1 N–H and O–H groups in total. The third kappa shape index (κ3) is 3.28. The highest BCUT2D eigenvalue weighted by Crippen LogP contribution is 2.13. The van der Waals surface area contributed by atoms with Gasteiger partial charge >= 0.3 is 5.97 Å². The standard InChI is InChI=1S/C15H17N3O3/c1-11(15(20)21)18(9-12-6-4-3-5-7-12)14(19)13-8-16-10-17(13)2/h3-8,10-11H,9H2,1-2H3,(H,20,21). The number of benzene rings is 1. The van der Waals surface area contributed by atoms with Crippen molar-refractivity contribution in [3.63, 3.8) is 0 Å². The van der Waals surface area contributed by atoms with Crippen LogP contribution in [0.4, 0.5) is 0 Å². The van der Waals surface area contributed by atoms with Crippen molar-refractivity contribution in [2.24, 2.45) is 7.05 Å². The van der Waals surface area contributed by atoms with Crippen molar-refractivity contribution in [3.05, 3.63) is 54.1 Å². The van der Waals surface area contributed by atoms with Gasteiger partial charge in [-0.05, 0) is 12.5 Å². The number of hydrogen-bond donors (Lipinski definition) is 1. The van der Waals surface area contributed by atoms with E-state index in [-0.39, 0.29) is 12.5 Å². The van der Waals surface area contributed by atoms with Gasteiger partial charge < -0.3 is 14.6 Å². The number of hydrogen-bond acceptors (Lipinski definition) is 3. The zero-order chi connectivity index (χ0) is 15.4. The third-order valence-corrected chi connectivity index (χ3v) is 3.32. The molecule has 0 aliphatic carbocycles. The van der Waals surface area contributed by atoms with Crippen LogP contribution in [0.15, 0.2) is 42.9 Å². The molecule has 0 bridgehead atoms. The smallest absolute Gasteiger partial charge is 0.326 e. The molecule has 0 fully saturated rings. The summed E-state index contributed by atoms with van der Waals surface area (Å²) in [5.74, 6) is -1.39. The quantitative estimate of drug-likeness (QED) is 0.905. The Bertz CT molecular complexity index is 637. The summed E-state index contributed by atoms with van der Waals surface area (Å²) in [6, 6.07) is 8.38. The average molecular weight is 287 g/mol. The third-order valence-electron chi connectivity index (χ3n) is 3.32. The maximum atomic E-state index is 12.6. The number of carboxylic acid groups (broad SMARTS) is 1. The van der Waals surface area contributed by atoms with Crippen LogP contribution in [0.2, 0.25) is 0 Å². The number of aliphatic carboxylic acids is 1. The SMILES string of the molecule is CC(C(=O)O)N(Cc1ccccc1)C(=O)c1cncn1C. The minimum absolute atomic E-state index is 0.234. The molecule has 0 radical (unpaired) electrons. The Morgan fingerprint density at radius 3 is 2.52 bits per heavy atom. The summed E-state index contributed by atoms with van der Waals surface area (Å²) < 4.78 is 1.58. The minimum Gasteiger partial charge on any atom is -0.480 e.